The molecule has 0 spiro atoms. The van der Waals surface area contributed by atoms with Crippen LogP contribution in [-0.4, -0.2) is 31.7 Å². The molecule has 1 aromatic heterocycles. The molecule has 6 nitrogen and oxygen atoms in total. The summed E-state index contributed by atoms with van der Waals surface area (Å²) in [5, 5.41) is 20.0. The maximum atomic E-state index is 13.5. The van der Waals surface area contributed by atoms with E-state index in [1.54, 1.807) is 12.3 Å². The first kappa shape index (κ1) is 13.5. The van der Waals surface area contributed by atoms with Gasteiger partial charge in [0, 0.05) is 17.0 Å². The minimum Gasteiger partial charge on any atom is -0.465 e. The van der Waals surface area contributed by atoms with Gasteiger partial charge in [-0.3, -0.25) is 0 Å². The zero-order valence-electron chi connectivity index (χ0n) is 11.4. The summed E-state index contributed by atoms with van der Waals surface area (Å²) in [6.07, 6.45) is 2.88. The SMILES string of the molecule is O=C(O)NC12CC(c3cnn(-c4ccc(Cl)c(F)c4)n3)(C1)C2. The molecule has 114 valence electrons. The summed E-state index contributed by atoms with van der Waals surface area (Å²) < 4.78 is 13.5. The molecule has 3 saturated carbocycles. The number of benzene rings is 1. The maximum absolute atomic E-state index is 13.5. The van der Waals surface area contributed by atoms with Crippen molar-refractivity contribution in [1.29, 1.82) is 0 Å². The predicted octanol–water partition coefficient (Wildman–Crippen LogP) is 2.50. The molecular weight excluding hydrogens is 311 g/mol. The van der Waals surface area contributed by atoms with E-state index in [0.717, 1.165) is 25.0 Å². The number of halogens is 2. The van der Waals surface area contributed by atoms with Crippen LogP contribution in [0, 0.1) is 5.82 Å². The lowest BCUT2D eigenvalue weighted by Crippen LogP contribution is -2.76. The monoisotopic (exact) mass is 322 g/mol. The van der Waals surface area contributed by atoms with Crippen molar-refractivity contribution in [2.24, 2.45) is 0 Å². The van der Waals surface area contributed by atoms with E-state index in [1.165, 1.54) is 16.9 Å². The number of nitrogens with one attached hydrogen (secondary N) is 1. The van der Waals surface area contributed by atoms with Gasteiger partial charge in [-0.15, -0.1) is 0 Å². The third kappa shape index (κ3) is 1.81. The Balaban J connectivity index is 1.54. The summed E-state index contributed by atoms with van der Waals surface area (Å²) in [6.45, 7) is 0. The van der Waals surface area contributed by atoms with Crippen LogP contribution >= 0.6 is 11.6 Å². The molecule has 22 heavy (non-hydrogen) atoms. The number of rotatable bonds is 3. The minimum atomic E-state index is -0.992. The van der Waals surface area contributed by atoms with Crippen LogP contribution in [0.2, 0.25) is 5.02 Å². The molecule has 3 aliphatic rings. The quantitative estimate of drug-likeness (QED) is 0.910. The van der Waals surface area contributed by atoms with Crippen LogP contribution in [-0.2, 0) is 5.41 Å². The van der Waals surface area contributed by atoms with Gasteiger partial charge >= 0.3 is 6.09 Å². The van der Waals surface area contributed by atoms with Crippen molar-refractivity contribution in [3.05, 3.63) is 40.9 Å². The van der Waals surface area contributed by atoms with E-state index in [-0.39, 0.29) is 16.0 Å². The Morgan fingerprint density at radius 1 is 1.41 bits per heavy atom. The Kier molecular flexibility index (Phi) is 2.57. The van der Waals surface area contributed by atoms with Crippen LogP contribution in [0.15, 0.2) is 24.4 Å². The molecule has 3 aliphatic carbocycles. The van der Waals surface area contributed by atoms with Crippen LogP contribution in [0.3, 0.4) is 0 Å². The molecule has 2 N–H and O–H groups in total. The highest BCUT2D eigenvalue weighted by atomic mass is 35.5. The fourth-order valence-electron chi connectivity index (χ4n) is 3.66. The van der Waals surface area contributed by atoms with E-state index in [9.17, 15) is 9.18 Å². The van der Waals surface area contributed by atoms with Crippen molar-refractivity contribution in [3.8, 4) is 5.69 Å². The van der Waals surface area contributed by atoms with Crippen molar-refractivity contribution in [2.75, 3.05) is 0 Å². The second-order valence-electron chi connectivity index (χ2n) is 6.14. The summed E-state index contributed by atoms with van der Waals surface area (Å²) in [4.78, 5) is 12.1. The van der Waals surface area contributed by atoms with Gasteiger partial charge < -0.3 is 10.4 Å². The van der Waals surface area contributed by atoms with Gasteiger partial charge in [-0.05, 0) is 31.4 Å². The standard InChI is InChI=1S/C14H12ClFN4O2/c15-9-2-1-8(3-10(9)16)20-17-4-11(19-20)13-5-14(6-13,7-13)18-12(21)22/h1-4,18H,5-7H2,(H,21,22). The minimum absolute atomic E-state index is 0.0530. The van der Waals surface area contributed by atoms with Crippen molar-refractivity contribution < 1.29 is 14.3 Å². The van der Waals surface area contributed by atoms with Crippen LogP contribution in [0.1, 0.15) is 25.0 Å². The van der Waals surface area contributed by atoms with Gasteiger partial charge in [0.15, 0.2) is 0 Å². The van der Waals surface area contributed by atoms with Crippen LogP contribution in [0.4, 0.5) is 9.18 Å². The van der Waals surface area contributed by atoms with E-state index < -0.39 is 11.9 Å². The van der Waals surface area contributed by atoms with Gasteiger partial charge in [-0.25, -0.2) is 9.18 Å². The largest absolute Gasteiger partial charge is 0.465 e. The molecule has 1 aromatic carbocycles. The van der Waals surface area contributed by atoms with E-state index >= 15 is 0 Å². The van der Waals surface area contributed by atoms with Gasteiger partial charge in [-0.2, -0.15) is 15.0 Å². The topological polar surface area (TPSA) is 80.0 Å². The molecule has 0 radical (unpaired) electrons. The van der Waals surface area contributed by atoms with Crippen molar-refractivity contribution in [3.63, 3.8) is 0 Å². The Morgan fingerprint density at radius 3 is 2.77 bits per heavy atom. The second kappa shape index (κ2) is 4.19. The van der Waals surface area contributed by atoms with E-state index in [1.807, 2.05) is 0 Å². The van der Waals surface area contributed by atoms with Crippen molar-refractivity contribution in [1.82, 2.24) is 20.3 Å². The third-order valence-electron chi connectivity index (χ3n) is 4.57. The highest BCUT2D eigenvalue weighted by Gasteiger charge is 2.70. The first-order valence-corrected chi connectivity index (χ1v) is 7.19. The lowest BCUT2D eigenvalue weighted by molar-refractivity contribution is -0.0850. The van der Waals surface area contributed by atoms with Crippen LogP contribution < -0.4 is 5.32 Å². The Labute approximate surface area is 129 Å². The lowest BCUT2D eigenvalue weighted by Gasteiger charge is -2.69. The lowest BCUT2D eigenvalue weighted by atomic mass is 9.38. The summed E-state index contributed by atoms with van der Waals surface area (Å²) in [5.41, 5.74) is 0.934. The molecule has 0 aliphatic heterocycles. The molecule has 1 heterocycles. The van der Waals surface area contributed by atoms with E-state index in [4.69, 9.17) is 16.7 Å². The van der Waals surface area contributed by atoms with Gasteiger partial charge in [-0.1, -0.05) is 11.6 Å². The Bertz CT molecular complexity index is 771. The number of carbonyl (C=O) groups is 1. The van der Waals surface area contributed by atoms with Gasteiger partial charge in [0.2, 0.25) is 0 Å². The average molecular weight is 323 g/mol. The molecule has 0 unspecified atom stereocenters. The second-order valence-corrected chi connectivity index (χ2v) is 6.55. The number of carboxylic acid groups (broad SMARTS) is 1. The number of amides is 1. The highest BCUT2D eigenvalue weighted by Crippen LogP contribution is 2.67. The highest BCUT2D eigenvalue weighted by molar-refractivity contribution is 6.30. The molecule has 2 aromatic rings. The molecule has 5 rings (SSSR count). The third-order valence-corrected chi connectivity index (χ3v) is 4.88. The molecule has 2 bridgehead atoms. The van der Waals surface area contributed by atoms with Gasteiger partial charge in [0.25, 0.3) is 0 Å². The fourth-order valence-corrected chi connectivity index (χ4v) is 3.78. The summed E-state index contributed by atoms with van der Waals surface area (Å²) >= 11 is 5.66. The van der Waals surface area contributed by atoms with E-state index in [0.29, 0.717) is 5.69 Å². The summed E-state index contributed by atoms with van der Waals surface area (Å²) in [6, 6.07) is 4.38. The average Bonchev–Trinajstić information content (AvgIpc) is 2.84. The molecule has 8 heteroatoms. The number of hydrogen-bond acceptors (Lipinski definition) is 3. The van der Waals surface area contributed by atoms with Crippen molar-refractivity contribution in [2.45, 2.75) is 30.2 Å². The number of hydrogen-bond donors (Lipinski definition) is 2. The fraction of sp³-hybridized carbons (Fsp3) is 0.357. The number of aromatic nitrogens is 3. The molecule has 1 amide bonds. The Morgan fingerprint density at radius 2 is 2.14 bits per heavy atom. The maximum Gasteiger partial charge on any atom is 0.405 e. The Hall–Kier alpha value is -2.15. The van der Waals surface area contributed by atoms with Crippen LogP contribution in [0.25, 0.3) is 5.69 Å². The van der Waals surface area contributed by atoms with Gasteiger partial charge in [0.05, 0.1) is 22.6 Å². The number of nitrogens with zero attached hydrogens (tertiary/aromatic N) is 3. The zero-order chi connectivity index (χ0) is 15.5. The summed E-state index contributed by atoms with van der Waals surface area (Å²) in [7, 11) is 0. The first-order chi connectivity index (χ1) is 10.4. The summed E-state index contributed by atoms with van der Waals surface area (Å²) in [5.74, 6) is -0.520. The van der Waals surface area contributed by atoms with Gasteiger partial charge in [0.1, 0.15) is 5.82 Å². The molecular formula is C14H12ClFN4O2. The zero-order valence-corrected chi connectivity index (χ0v) is 12.1. The van der Waals surface area contributed by atoms with Crippen molar-refractivity contribution >= 4 is 17.7 Å². The normalized spacial score (nSPS) is 28.6. The smallest absolute Gasteiger partial charge is 0.405 e. The molecule has 3 fully saturated rings. The molecule has 0 saturated heterocycles. The van der Waals surface area contributed by atoms with Crippen LogP contribution in [0.5, 0.6) is 0 Å². The predicted molar refractivity (Wildman–Crippen MR) is 75.7 cm³/mol. The van der Waals surface area contributed by atoms with E-state index in [2.05, 4.69) is 15.5 Å². The first-order valence-electron chi connectivity index (χ1n) is 6.81. The molecule has 0 atom stereocenters.